The molecule has 2 aromatic carbocycles. The molecule has 0 saturated carbocycles. The van der Waals surface area contributed by atoms with E-state index in [0.717, 1.165) is 28.5 Å². The van der Waals surface area contributed by atoms with Crippen LogP contribution in [0.25, 0.3) is 11.1 Å². The van der Waals surface area contributed by atoms with Gasteiger partial charge in [-0.1, -0.05) is 36.4 Å². The summed E-state index contributed by atoms with van der Waals surface area (Å²) >= 11 is 0.846. The van der Waals surface area contributed by atoms with Gasteiger partial charge in [-0.3, -0.25) is 4.72 Å². The fourth-order valence-electron chi connectivity index (χ4n) is 2.36. The Hall–Kier alpha value is -2.84. The van der Waals surface area contributed by atoms with Crippen molar-refractivity contribution < 1.29 is 23.1 Å². The zero-order valence-electron chi connectivity index (χ0n) is 13.7. The van der Waals surface area contributed by atoms with Crippen LogP contribution in [0.4, 0.5) is 5.69 Å². The number of sulfonamides is 1. The minimum atomic E-state index is -3.93. The molecule has 1 heterocycles. The van der Waals surface area contributed by atoms with Crippen LogP contribution in [0.2, 0.25) is 0 Å². The summed E-state index contributed by atoms with van der Waals surface area (Å²) in [6.45, 7) is 0. The average Bonchev–Trinajstić information content (AvgIpc) is 3.14. The van der Waals surface area contributed by atoms with Crippen LogP contribution < -0.4 is 9.46 Å². The minimum Gasteiger partial charge on any atom is -0.495 e. The summed E-state index contributed by atoms with van der Waals surface area (Å²) in [6.07, 6.45) is 0. The number of thiophene rings is 1. The Morgan fingerprint density at radius 2 is 1.81 bits per heavy atom. The van der Waals surface area contributed by atoms with Gasteiger partial charge in [-0.05, 0) is 29.3 Å². The molecule has 3 rings (SSSR count). The van der Waals surface area contributed by atoms with Gasteiger partial charge < -0.3 is 9.84 Å². The Morgan fingerprint density at radius 3 is 2.42 bits per heavy atom. The molecule has 0 aliphatic heterocycles. The highest BCUT2D eigenvalue weighted by Crippen LogP contribution is 2.33. The maximum absolute atomic E-state index is 12.6. The number of carboxylic acid groups (broad SMARTS) is 1. The van der Waals surface area contributed by atoms with Gasteiger partial charge in [0.25, 0.3) is 10.0 Å². The summed E-state index contributed by atoms with van der Waals surface area (Å²) in [5, 5.41) is 10.3. The number of ether oxygens (including phenoxy) is 1. The second-order valence-electron chi connectivity index (χ2n) is 5.35. The average molecular weight is 389 g/mol. The molecule has 8 heteroatoms. The van der Waals surface area contributed by atoms with Crippen LogP contribution in [0.3, 0.4) is 0 Å². The van der Waals surface area contributed by atoms with Gasteiger partial charge in [0.1, 0.15) is 9.96 Å². The predicted molar refractivity (Wildman–Crippen MR) is 101 cm³/mol. The first kappa shape index (κ1) is 18.0. The highest BCUT2D eigenvalue weighted by molar-refractivity contribution is 7.94. The van der Waals surface area contributed by atoms with Crippen molar-refractivity contribution in [3.05, 3.63) is 65.5 Å². The Kier molecular flexibility index (Phi) is 4.97. The first-order chi connectivity index (χ1) is 12.4. The summed E-state index contributed by atoms with van der Waals surface area (Å²) in [4.78, 5) is 11.0. The fraction of sp³-hybridized carbons (Fsp3) is 0.0556. The second-order valence-corrected chi connectivity index (χ2v) is 8.17. The zero-order valence-corrected chi connectivity index (χ0v) is 15.3. The van der Waals surface area contributed by atoms with Crippen LogP contribution in [-0.4, -0.2) is 26.6 Å². The largest absolute Gasteiger partial charge is 0.495 e. The summed E-state index contributed by atoms with van der Waals surface area (Å²) in [5.74, 6) is -0.811. The van der Waals surface area contributed by atoms with E-state index >= 15 is 0 Å². The van der Waals surface area contributed by atoms with Crippen LogP contribution in [0, 0.1) is 0 Å². The van der Waals surface area contributed by atoms with E-state index in [9.17, 15) is 13.2 Å². The van der Waals surface area contributed by atoms with Crippen LogP contribution in [0.15, 0.2) is 64.2 Å². The van der Waals surface area contributed by atoms with Crippen molar-refractivity contribution in [3.8, 4) is 16.9 Å². The number of anilines is 1. The third-order valence-electron chi connectivity index (χ3n) is 3.64. The van der Waals surface area contributed by atoms with Gasteiger partial charge in [-0.15, -0.1) is 11.3 Å². The molecule has 0 fully saturated rings. The van der Waals surface area contributed by atoms with E-state index in [4.69, 9.17) is 9.84 Å². The molecule has 0 aliphatic rings. The summed E-state index contributed by atoms with van der Waals surface area (Å²) in [5.41, 5.74) is 1.96. The summed E-state index contributed by atoms with van der Waals surface area (Å²) < 4.78 is 32.9. The van der Waals surface area contributed by atoms with Crippen molar-refractivity contribution in [2.75, 3.05) is 11.8 Å². The van der Waals surface area contributed by atoms with Crippen molar-refractivity contribution in [3.63, 3.8) is 0 Å². The lowest BCUT2D eigenvalue weighted by molar-refractivity contribution is 0.0697. The zero-order chi connectivity index (χ0) is 18.7. The Labute approximate surface area is 154 Å². The molecule has 0 unspecified atom stereocenters. The molecule has 0 aliphatic carbocycles. The molecule has 3 aromatic rings. The standard InChI is InChI=1S/C18H15NO5S2/c1-24-16-8-7-13(12-5-3-2-4-6-12)9-15(16)19-26(22,23)17-10-14(11-25-17)18(20)21/h2-11,19H,1H3,(H,20,21). The Morgan fingerprint density at radius 1 is 1.08 bits per heavy atom. The molecule has 0 saturated heterocycles. The van der Waals surface area contributed by atoms with Gasteiger partial charge in [-0.2, -0.15) is 0 Å². The van der Waals surface area contributed by atoms with E-state index in [1.165, 1.54) is 12.5 Å². The molecule has 134 valence electrons. The number of carbonyl (C=O) groups is 1. The van der Waals surface area contributed by atoms with E-state index in [1.807, 2.05) is 36.4 Å². The molecule has 0 spiro atoms. The molecule has 2 N–H and O–H groups in total. The van der Waals surface area contributed by atoms with Crippen molar-refractivity contribution in [1.82, 2.24) is 0 Å². The molecule has 1 aromatic heterocycles. The van der Waals surface area contributed by atoms with Crippen LogP contribution in [0.1, 0.15) is 10.4 Å². The van der Waals surface area contributed by atoms with Gasteiger partial charge in [-0.25, -0.2) is 13.2 Å². The maximum atomic E-state index is 12.6. The van der Waals surface area contributed by atoms with E-state index in [2.05, 4.69) is 4.72 Å². The first-order valence-electron chi connectivity index (χ1n) is 7.49. The number of carboxylic acids is 1. The van der Waals surface area contributed by atoms with Crippen molar-refractivity contribution in [1.29, 1.82) is 0 Å². The maximum Gasteiger partial charge on any atom is 0.336 e. The number of hydrogen-bond donors (Lipinski definition) is 2. The number of rotatable bonds is 6. The van der Waals surface area contributed by atoms with Gasteiger partial charge in [0.2, 0.25) is 0 Å². The first-order valence-corrected chi connectivity index (χ1v) is 9.85. The smallest absolute Gasteiger partial charge is 0.336 e. The summed E-state index contributed by atoms with van der Waals surface area (Å²) in [7, 11) is -2.48. The molecule has 0 atom stereocenters. The van der Waals surface area contributed by atoms with Crippen molar-refractivity contribution in [2.24, 2.45) is 0 Å². The Bertz CT molecular complexity index is 1040. The monoisotopic (exact) mass is 389 g/mol. The van der Waals surface area contributed by atoms with Gasteiger partial charge in [0.15, 0.2) is 0 Å². The molecule has 0 amide bonds. The molecule has 26 heavy (non-hydrogen) atoms. The summed E-state index contributed by atoms with van der Waals surface area (Å²) in [6, 6.07) is 15.8. The second kappa shape index (κ2) is 7.19. The lowest BCUT2D eigenvalue weighted by Gasteiger charge is -2.13. The fourth-order valence-corrected chi connectivity index (χ4v) is 4.58. The molecular formula is C18H15NO5S2. The van der Waals surface area contributed by atoms with Crippen LogP contribution >= 0.6 is 11.3 Å². The predicted octanol–water partition coefficient (Wildman–Crippen LogP) is 3.92. The molecular weight excluding hydrogens is 374 g/mol. The lowest BCUT2D eigenvalue weighted by atomic mass is 10.1. The highest BCUT2D eigenvalue weighted by atomic mass is 32.2. The number of nitrogens with one attached hydrogen (secondary N) is 1. The molecule has 6 nitrogen and oxygen atoms in total. The van der Waals surface area contributed by atoms with Crippen molar-refractivity contribution in [2.45, 2.75) is 4.21 Å². The van der Waals surface area contributed by atoms with Crippen LogP contribution in [0.5, 0.6) is 5.75 Å². The van der Waals surface area contributed by atoms with Crippen molar-refractivity contribution >= 4 is 33.0 Å². The molecule has 0 bridgehead atoms. The number of aromatic carboxylic acids is 1. The van der Waals surface area contributed by atoms with E-state index < -0.39 is 16.0 Å². The number of methoxy groups -OCH3 is 1. The van der Waals surface area contributed by atoms with Gasteiger partial charge >= 0.3 is 5.97 Å². The van der Waals surface area contributed by atoms with E-state index in [-0.39, 0.29) is 15.5 Å². The van der Waals surface area contributed by atoms with E-state index in [0.29, 0.717) is 5.75 Å². The lowest BCUT2D eigenvalue weighted by Crippen LogP contribution is -2.12. The van der Waals surface area contributed by atoms with Gasteiger partial charge in [0.05, 0.1) is 18.4 Å². The third-order valence-corrected chi connectivity index (χ3v) is 6.44. The minimum absolute atomic E-state index is 0.0691. The topological polar surface area (TPSA) is 92.7 Å². The quantitative estimate of drug-likeness (QED) is 0.666. The number of hydrogen-bond acceptors (Lipinski definition) is 5. The highest BCUT2D eigenvalue weighted by Gasteiger charge is 2.21. The Balaban J connectivity index is 1.98. The number of benzene rings is 2. The van der Waals surface area contributed by atoms with Gasteiger partial charge in [0, 0.05) is 5.38 Å². The SMILES string of the molecule is COc1ccc(-c2ccccc2)cc1NS(=O)(=O)c1cc(C(=O)O)cs1. The normalized spacial score (nSPS) is 11.1. The van der Waals surface area contributed by atoms with E-state index in [1.54, 1.807) is 12.1 Å². The third kappa shape index (κ3) is 3.71. The molecule has 0 radical (unpaired) electrons. The van der Waals surface area contributed by atoms with Crippen LogP contribution in [-0.2, 0) is 10.0 Å².